The Morgan fingerprint density at radius 3 is 2.73 bits per heavy atom. The van der Waals surface area contributed by atoms with Crippen LogP contribution in [0.5, 0.6) is 5.75 Å². The third-order valence-electron chi connectivity index (χ3n) is 5.44. The number of hydrogen-bond donors (Lipinski definition) is 1. The van der Waals surface area contributed by atoms with E-state index in [9.17, 15) is 4.79 Å². The molecule has 0 aliphatic carbocycles. The van der Waals surface area contributed by atoms with Crippen LogP contribution < -0.4 is 10.1 Å². The number of nitrogens with zero attached hydrogens (tertiary/aromatic N) is 1. The Bertz CT molecular complexity index is 521. The Kier molecular flexibility index (Phi) is 3.78. The molecule has 0 radical (unpaired) electrons. The Morgan fingerprint density at radius 1 is 1.18 bits per heavy atom. The van der Waals surface area contributed by atoms with Crippen LogP contribution in [-0.2, 0) is 11.2 Å². The lowest BCUT2D eigenvalue weighted by atomic mass is 9.88. The van der Waals surface area contributed by atoms with Gasteiger partial charge in [-0.05, 0) is 49.8 Å². The highest BCUT2D eigenvalue weighted by atomic mass is 16.5. The molecule has 1 aromatic rings. The van der Waals surface area contributed by atoms with Gasteiger partial charge >= 0.3 is 0 Å². The van der Waals surface area contributed by atoms with Crippen LogP contribution in [0.25, 0.3) is 0 Å². The number of ether oxygens (including phenoxy) is 1. The Hall–Kier alpha value is -1.55. The highest BCUT2D eigenvalue weighted by molar-refractivity contribution is 5.82. The Morgan fingerprint density at radius 2 is 2.00 bits per heavy atom. The topological polar surface area (TPSA) is 41.6 Å². The second-order valence-corrected chi connectivity index (χ2v) is 6.78. The molecule has 1 aromatic carbocycles. The first-order valence-corrected chi connectivity index (χ1v) is 8.58. The predicted octanol–water partition coefficient (Wildman–Crippen LogP) is 1.98. The van der Waals surface area contributed by atoms with Gasteiger partial charge in [0.1, 0.15) is 5.75 Å². The summed E-state index contributed by atoms with van der Waals surface area (Å²) in [5, 5.41) is 3.61. The van der Waals surface area contributed by atoms with Crippen molar-refractivity contribution in [2.45, 2.75) is 44.2 Å². The molecular weight excluding hydrogens is 276 g/mol. The standard InChI is InChI=1S/C18H24N2O2/c21-18(17-12-14-4-1-2-6-16(14)22-17)20-10-7-13(8-11-20)15-5-3-9-19-15/h1-2,4,6,13,15,17,19H,3,5,7-12H2. The van der Waals surface area contributed by atoms with Gasteiger partial charge in [0.25, 0.3) is 5.91 Å². The molecule has 3 aliphatic heterocycles. The van der Waals surface area contributed by atoms with Gasteiger partial charge in [-0.3, -0.25) is 4.79 Å². The van der Waals surface area contributed by atoms with Crippen molar-refractivity contribution in [3.8, 4) is 5.75 Å². The number of benzene rings is 1. The SMILES string of the molecule is O=C(C1Cc2ccccc2O1)N1CCC(C2CCCN2)CC1. The average Bonchev–Trinajstić information content (AvgIpc) is 3.23. The van der Waals surface area contributed by atoms with Crippen molar-refractivity contribution in [1.82, 2.24) is 10.2 Å². The van der Waals surface area contributed by atoms with Crippen LogP contribution in [-0.4, -0.2) is 42.6 Å². The van der Waals surface area contributed by atoms with Crippen molar-refractivity contribution >= 4 is 5.91 Å². The Labute approximate surface area is 131 Å². The molecule has 2 fully saturated rings. The van der Waals surface area contributed by atoms with E-state index in [1.165, 1.54) is 12.8 Å². The normalized spacial score (nSPS) is 28.5. The molecule has 1 amide bonds. The van der Waals surface area contributed by atoms with E-state index in [1.54, 1.807) is 0 Å². The minimum atomic E-state index is -0.307. The van der Waals surface area contributed by atoms with Gasteiger partial charge in [0, 0.05) is 25.6 Å². The number of piperidine rings is 1. The van der Waals surface area contributed by atoms with Gasteiger partial charge in [-0.2, -0.15) is 0 Å². The van der Waals surface area contributed by atoms with E-state index in [-0.39, 0.29) is 12.0 Å². The maximum atomic E-state index is 12.7. The third kappa shape index (κ3) is 2.60. The van der Waals surface area contributed by atoms with E-state index in [0.29, 0.717) is 6.04 Å². The van der Waals surface area contributed by atoms with Crippen molar-refractivity contribution in [2.24, 2.45) is 5.92 Å². The summed E-state index contributed by atoms with van der Waals surface area (Å²) in [6, 6.07) is 8.67. The molecule has 3 aliphatic rings. The number of amides is 1. The molecule has 4 heteroatoms. The maximum Gasteiger partial charge on any atom is 0.263 e. The summed E-state index contributed by atoms with van der Waals surface area (Å²) in [5.41, 5.74) is 1.16. The highest BCUT2D eigenvalue weighted by Gasteiger charge is 2.35. The molecule has 4 rings (SSSR count). The van der Waals surface area contributed by atoms with Gasteiger partial charge in [0.05, 0.1) is 0 Å². The molecule has 0 aromatic heterocycles. The zero-order valence-electron chi connectivity index (χ0n) is 13.0. The number of rotatable bonds is 2. The molecule has 22 heavy (non-hydrogen) atoms. The van der Waals surface area contributed by atoms with Gasteiger partial charge in [0.15, 0.2) is 6.10 Å². The van der Waals surface area contributed by atoms with Gasteiger partial charge in [-0.15, -0.1) is 0 Å². The number of carbonyl (C=O) groups excluding carboxylic acids is 1. The van der Waals surface area contributed by atoms with Crippen molar-refractivity contribution in [3.05, 3.63) is 29.8 Å². The number of likely N-dealkylation sites (tertiary alicyclic amines) is 1. The van der Waals surface area contributed by atoms with E-state index in [2.05, 4.69) is 11.4 Å². The molecule has 2 unspecified atom stereocenters. The maximum absolute atomic E-state index is 12.7. The average molecular weight is 300 g/mol. The first-order chi connectivity index (χ1) is 10.8. The predicted molar refractivity (Wildman–Crippen MR) is 84.9 cm³/mol. The second kappa shape index (κ2) is 5.92. The van der Waals surface area contributed by atoms with E-state index < -0.39 is 0 Å². The van der Waals surface area contributed by atoms with E-state index >= 15 is 0 Å². The molecular formula is C18H24N2O2. The molecule has 2 saturated heterocycles. The molecule has 0 bridgehead atoms. The fourth-order valence-corrected chi connectivity index (χ4v) is 4.16. The van der Waals surface area contributed by atoms with Crippen LogP contribution >= 0.6 is 0 Å². The van der Waals surface area contributed by atoms with Gasteiger partial charge in [-0.1, -0.05) is 18.2 Å². The molecule has 3 heterocycles. The number of para-hydroxylation sites is 1. The summed E-state index contributed by atoms with van der Waals surface area (Å²) in [6.07, 6.45) is 5.28. The molecule has 2 atom stereocenters. The summed E-state index contributed by atoms with van der Waals surface area (Å²) in [4.78, 5) is 14.7. The van der Waals surface area contributed by atoms with Crippen LogP contribution in [0.2, 0.25) is 0 Å². The number of fused-ring (bicyclic) bond motifs is 1. The molecule has 0 saturated carbocycles. The summed E-state index contributed by atoms with van der Waals surface area (Å²) in [5.74, 6) is 1.80. The van der Waals surface area contributed by atoms with E-state index in [0.717, 1.165) is 56.1 Å². The van der Waals surface area contributed by atoms with Crippen LogP contribution in [0.3, 0.4) is 0 Å². The second-order valence-electron chi connectivity index (χ2n) is 6.78. The molecule has 118 valence electrons. The fourth-order valence-electron chi connectivity index (χ4n) is 4.16. The lowest BCUT2D eigenvalue weighted by Crippen LogP contribution is -2.47. The quantitative estimate of drug-likeness (QED) is 0.908. The monoisotopic (exact) mass is 300 g/mol. The molecule has 1 N–H and O–H groups in total. The Balaban J connectivity index is 1.33. The highest BCUT2D eigenvalue weighted by Crippen LogP contribution is 2.31. The van der Waals surface area contributed by atoms with Crippen LogP contribution in [0.15, 0.2) is 24.3 Å². The molecule has 4 nitrogen and oxygen atoms in total. The minimum absolute atomic E-state index is 0.175. The van der Waals surface area contributed by atoms with Crippen LogP contribution in [0.4, 0.5) is 0 Å². The molecule has 0 spiro atoms. The smallest absolute Gasteiger partial charge is 0.263 e. The van der Waals surface area contributed by atoms with E-state index in [4.69, 9.17) is 4.74 Å². The summed E-state index contributed by atoms with van der Waals surface area (Å²) in [7, 11) is 0. The van der Waals surface area contributed by atoms with Crippen molar-refractivity contribution in [2.75, 3.05) is 19.6 Å². The fraction of sp³-hybridized carbons (Fsp3) is 0.611. The lowest BCUT2D eigenvalue weighted by molar-refractivity contribution is -0.139. The zero-order valence-corrected chi connectivity index (χ0v) is 13.0. The minimum Gasteiger partial charge on any atom is -0.480 e. The number of carbonyl (C=O) groups is 1. The zero-order chi connectivity index (χ0) is 14.9. The summed E-state index contributed by atoms with van der Waals surface area (Å²) >= 11 is 0. The van der Waals surface area contributed by atoms with Crippen molar-refractivity contribution in [1.29, 1.82) is 0 Å². The number of nitrogens with one attached hydrogen (secondary N) is 1. The van der Waals surface area contributed by atoms with Gasteiger partial charge in [0.2, 0.25) is 0 Å². The van der Waals surface area contributed by atoms with Crippen molar-refractivity contribution in [3.63, 3.8) is 0 Å². The third-order valence-corrected chi connectivity index (χ3v) is 5.44. The van der Waals surface area contributed by atoms with Crippen molar-refractivity contribution < 1.29 is 9.53 Å². The summed E-state index contributed by atoms with van der Waals surface area (Å²) in [6.45, 7) is 2.94. The summed E-state index contributed by atoms with van der Waals surface area (Å²) < 4.78 is 5.85. The lowest BCUT2D eigenvalue weighted by Gasteiger charge is -2.35. The first-order valence-electron chi connectivity index (χ1n) is 8.58. The van der Waals surface area contributed by atoms with Crippen LogP contribution in [0.1, 0.15) is 31.2 Å². The first kappa shape index (κ1) is 14.1. The largest absolute Gasteiger partial charge is 0.480 e. The van der Waals surface area contributed by atoms with Crippen LogP contribution in [0, 0.1) is 5.92 Å². The number of hydrogen-bond acceptors (Lipinski definition) is 3. The van der Waals surface area contributed by atoms with Gasteiger partial charge < -0.3 is 15.0 Å². The van der Waals surface area contributed by atoms with Gasteiger partial charge in [-0.25, -0.2) is 0 Å². The van der Waals surface area contributed by atoms with E-state index in [1.807, 2.05) is 23.1 Å².